The maximum atomic E-state index is 12.8. The Hall–Kier alpha value is -2.81. The smallest absolute Gasteiger partial charge is 0.345 e. The Bertz CT molecular complexity index is 1060. The highest BCUT2D eigenvalue weighted by Crippen LogP contribution is 2.32. The Morgan fingerprint density at radius 2 is 1.90 bits per heavy atom. The molecule has 5 nitrogen and oxygen atoms in total. The van der Waals surface area contributed by atoms with Crippen LogP contribution in [0.1, 0.15) is 18.1 Å². The number of hydrogen-bond acceptors (Lipinski definition) is 4. The average molecular weight is 434 g/mol. The second-order valence-corrected chi connectivity index (χ2v) is 8.14. The summed E-state index contributed by atoms with van der Waals surface area (Å²) in [7, 11) is 0. The summed E-state index contributed by atoms with van der Waals surface area (Å²) in [6, 6.07) is 10.5. The number of fused-ring (bicyclic) bond motifs is 1. The fourth-order valence-electron chi connectivity index (χ4n) is 3.39. The van der Waals surface area contributed by atoms with Crippen LogP contribution in [-0.2, 0) is 12.6 Å². The molecule has 0 unspecified atom stereocenters. The summed E-state index contributed by atoms with van der Waals surface area (Å²) < 4.78 is 39.7. The zero-order chi connectivity index (χ0) is 21.3. The predicted molar refractivity (Wildman–Crippen MR) is 113 cm³/mol. The molecule has 0 bridgehead atoms. The largest absolute Gasteiger partial charge is 0.416 e. The Balaban J connectivity index is 1.38. The van der Waals surface area contributed by atoms with Gasteiger partial charge in [0.2, 0.25) is 0 Å². The third kappa shape index (κ3) is 4.35. The van der Waals surface area contributed by atoms with E-state index in [0.717, 1.165) is 33.9 Å². The number of urea groups is 1. The van der Waals surface area contributed by atoms with Crippen LogP contribution in [-0.4, -0.2) is 42.1 Å². The first-order valence-electron chi connectivity index (χ1n) is 9.71. The summed E-state index contributed by atoms with van der Waals surface area (Å²) in [6.07, 6.45) is -3.47. The first kappa shape index (κ1) is 20.5. The molecule has 2 amide bonds. The van der Waals surface area contributed by atoms with Gasteiger partial charge in [0.25, 0.3) is 0 Å². The molecule has 1 fully saturated rings. The van der Waals surface area contributed by atoms with E-state index in [1.54, 1.807) is 16.2 Å². The van der Waals surface area contributed by atoms with Crippen LogP contribution in [0, 0.1) is 0 Å². The van der Waals surface area contributed by atoms with E-state index in [0.29, 0.717) is 26.2 Å². The monoisotopic (exact) mass is 434 g/mol. The minimum atomic E-state index is -4.44. The fourth-order valence-corrected chi connectivity index (χ4v) is 4.47. The number of rotatable bonds is 3. The molecule has 3 aromatic rings. The van der Waals surface area contributed by atoms with E-state index < -0.39 is 17.8 Å². The van der Waals surface area contributed by atoms with E-state index in [1.807, 2.05) is 6.07 Å². The molecule has 2 aromatic carbocycles. The molecule has 1 aliphatic heterocycles. The average Bonchev–Trinajstić information content (AvgIpc) is 3.16. The van der Waals surface area contributed by atoms with Gasteiger partial charge in [-0.3, -0.25) is 0 Å². The van der Waals surface area contributed by atoms with Crippen LogP contribution in [0.5, 0.6) is 0 Å². The molecule has 4 rings (SSSR count). The summed E-state index contributed by atoms with van der Waals surface area (Å²) >= 11 is 1.64. The molecular formula is C21H21F3N4OS. The van der Waals surface area contributed by atoms with Gasteiger partial charge in [-0.2, -0.15) is 13.2 Å². The molecule has 9 heteroatoms. The van der Waals surface area contributed by atoms with Crippen LogP contribution in [0.3, 0.4) is 0 Å². The highest BCUT2D eigenvalue weighted by molar-refractivity contribution is 7.22. The number of anilines is 2. The van der Waals surface area contributed by atoms with Crippen molar-refractivity contribution in [2.24, 2.45) is 0 Å². The number of halogens is 3. The molecule has 0 aliphatic carbocycles. The lowest BCUT2D eigenvalue weighted by Crippen LogP contribution is -2.50. The molecular weight excluding hydrogens is 413 g/mol. The number of aromatic nitrogens is 1. The van der Waals surface area contributed by atoms with E-state index in [9.17, 15) is 18.0 Å². The molecule has 0 spiro atoms. The zero-order valence-corrected chi connectivity index (χ0v) is 17.2. The van der Waals surface area contributed by atoms with E-state index in [2.05, 4.69) is 29.3 Å². The topological polar surface area (TPSA) is 48.5 Å². The molecule has 0 radical (unpaired) electrons. The van der Waals surface area contributed by atoms with Crippen LogP contribution in [0.15, 0.2) is 42.5 Å². The van der Waals surface area contributed by atoms with Crippen molar-refractivity contribution in [2.75, 3.05) is 36.4 Å². The van der Waals surface area contributed by atoms with E-state index in [1.165, 1.54) is 17.7 Å². The van der Waals surface area contributed by atoms with Crippen molar-refractivity contribution < 1.29 is 18.0 Å². The van der Waals surface area contributed by atoms with Gasteiger partial charge in [-0.05, 0) is 42.3 Å². The summed E-state index contributed by atoms with van der Waals surface area (Å²) in [4.78, 5) is 20.9. The Kier molecular flexibility index (Phi) is 5.55. The maximum Gasteiger partial charge on any atom is 0.416 e. The number of nitrogens with zero attached hydrogens (tertiary/aromatic N) is 3. The van der Waals surface area contributed by atoms with Gasteiger partial charge in [0.05, 0.1) is 15.8 Å². The minimum Gasteiger partial charge on any atom is -0.345 e. The number of carbonyl (C=O) groups excluding carboxylic acids is 1. The minimum absolute atomic E-state index is 0.134. The van der Waals surface area contributed by atoms with Crippen LogP contribution in [0.4, 0.5) is 28.8 Å². The molecule has 0 atom stereocenters. The molecule has 30 heavy (non-hydrogen) atoms. The molecule has 0 saturated carbocycles. The highest BCUT2D eigenvalue weighted by Gasteiger charge is 2.31. The number of piperazine rings is 1. The second-order valence-electron chi connectivity index (χ2n) is 7.13. The third-order valence-corrected chi connectivity index (χ3v) is 6.21. The van der Waals surface area contributed by atoms with Gasteiger partial charge in [-0.15, -0.1) is 0 Å². The lowest BCUT2D eigenvalue weighted by atomic mass is 10.2. The van der Waals surface area contributed by atoms with Crippen molar-refractivity contribution in [3.05, 3.63) is 53.6 Å². The number of benzene rings is 2. The molecule has 1 N–H and O–H groups in total. The number of alkyl halides is 3. The van der Waals surface area contributed by atoms with Crippen LogP contribution in [0.25, 0.3) is 10.2 Å². The van der Waals surface area contributed by atoms with E-state index >= 15 is 0 Å². The van der Waals surface area contributed by atoms with Crippen LogP contribution < -0.4 is 10.2 Å². The molecule has 1 saturated heterocycles. The van der Waals surface area contributed by atoms with Gasteiger partial charge in [0.1, 0.15) is 0 Å². The summed E-state index contributed by atoms with van der Waals surface area (Å²) in [5.41, 5.74) is 1.59. The van der Waals surface area contributed by atoms with E-state index in [-0.39, 0.29) is 5.69 Å². The van der Waals surface area contributed by atoms with Crippen molar-refractivity contribution in [1.29, 1.82) is 0 Å². The quantitative estimate of drug-likeness (QED) is 0.614. The van der Waals surface area contributed by atoms with Gasteiger partial charge in [0.15, 0.2) is 5.13 Å². The summed E-state index contributed by atoms with van der Waals surface area (Å²) in [5.74, 6) is 0. The Labute approximate surface area is 176 Å². The summed E-state index contributed by atoms with van der Waals surface area (Å²) in [6.45, 7) is 4.31. The molecule has 1 aromatic heterocycles. The Morgan fingerprint density at radius 1 is 1.13 bits per heavy atom. The normalized spacial score (nSPS) is 14.9. The van der Waals surface area contributed by atoms with Gasteiger partial charge in [-0.1, -0.05) is 30.4 Å². The van der Waals surface area contributed by atoms with Crippen LogP contribution in [0.2, 0.25) is 0 Å². The van der Waals surface area contributed by atoms with Gasteiger partial charge in [-0.25, -0.2) is 9.78 Å². The third-order valence-electron chi connectivity index (χ3n) is 5.13. The first-order chi connectivity index (χ1) is 14.3. The second kappa shape index (κ2) is 8.14. The lowest BCUT2D eigenvalue weighted by Gasteiger charge is -2.34. The number of amides is 2. The van der Waals surface area contributed by atoms with Gasteiger partial charge >= 0.3 is 12.2 Å². The molecule has 158 valence electrons. The number of nitrogens with one attached hydrogen (secondary N) is 1. The van der Waals surface area contributed by atoms with Crippen molar-refractivity contribution in [3.63, 3.8) is 0 Å². The molecule has 2 heterocycles. The fraction of sp³-hybridized carbons (Fsp3) is 0.333. The van der Waals surface area contributed by atoms with Crippen molar-refractivity contribution in [3.8, 4) is 0 Å². The Morgan fingerprint density at radius 3 is 2.60 bits per heavy atom. The van der Waals surface area contributed by atoms with Crippen molar-refractivity contribution >= 4 is 38.4 Å². The number of aryl methyl sites for hydroxylation is 1. The molecule has 1 aliphatic rings. The maximum absolute atomic E-state index is 12.8. The highest BCUT2D eigenvalue weighted by atomic mass is 32.1. The van der Waals surface area contributed by atoms with Crippen molar-refractivity contribution in [2.45, 2.75) is 19.5 Å². The number of thiazole rings is 1. The van der Waals surface area contributed by atoms with Crippen LogP contribution >= 0.6 is 11.3 Å². The predicted octanol–water partition coefficient (Wildman–Crippen LogP) is 5.23. The van der Waals surface area contributed by atoms with E-state index in [4.69, 9.17) is 4.98 Å². The van der Waals surface area contributed by atoms with Gasteiger partial charge in [0, 0.05) is 31.9 Å². The SMILES string of the molecule is CCc1ccc2nc(N3CCN(C(=O)Nc4cccc(C(F)(F)F)c4)CC3)sc2c1. The standard InChI is InChI=1S/C21H21F3N4OS/c1-2-14-6-7-17-18(12-14)30-20(26-17)28-10-8-27(9-11-28)19(29)25-16-5-3-4-15(13-16)21(22,23)24/h3-7,12-13H,2,8-11H2,1H3,(H,25,29). The summed E-state index contributed by atoms with van der Waals surface area (Å²) in [5, 5.41) is 3.50. The zero-order valence-electron chi connectivity index (χ0n) is 16.4. The first-order valence-corrected chi connectivity index (χ1v) is 10.5. The van der Waals surface area contributed by atoms with Crippen molar-refractivity contribution in [1.82, 2.24) is 9.88 Å². The van der Waals surface area contributed by atoms with Gasteiger partial charge < -0.3 is 15.1 Å². The number of carbonyl (C=O) groups is 1. The number of hydrogen-bond donors (Lipinski definition) is 1. The lowest BCUT2D eigenvalue weighted by molar-refractivity contribution is -0.137.